The summed E-state index contributed by atoms with van der Waals surface area (Å²) in [5, 5.41) is 3.50. The lowest BCUT2D eigenvalue weighted by atomic mass is 9.96. The smallest absolute Gasteiger partial charge is 0.136 e. The van der Waals surface area contributed by atoms with Crippen molar-refractivity contribution in [3.8, 4) is 0 Å². The molecular formula is C12H17N3O. The Morgan fingerprint density at radius 2 is 2.38 bits per heavy atom. The first-order valence-corrected chi connectivity index (χ1v) is 6.06. The molecule has 1 saturated heterocycles. The number of hydrogen-bond acceptors (Lipinski definition) is 3. The topological polar surface area (TPSA) is 46.9 Å². The minimum Gasteiger partial charge on any atom is -0.331 e. The Hall–Kier alpha value is -1.16. The standard InChI is InChI=1S/C12H17N3O/c1-8-5-9(16)6-10(14-8)11-7-13-12-3-2-4-15(11)12/h7-8,10,14H,2-6H2,1H3. The van der Waals surface area contributed by atoms with E-state index in [9.17, 15) is 4.79 Å². The molecule has 0 aromatic carbocycles. The Kier molecular flexibility index (Phi) is 2.32. The molecule has 0 aliphatic carbocycles. The quantitative estimate of drug-likeness (QED) is 0.772. The normalized spacial score (nSPS) is 29.4. The molecule has 2 unspecified atom stereocenters. The molecule has 3 rings (SSSR count). The number of Topliss-reactive ketones (excluding diaryl/α,β-unsaturated/α-hetero) is 1. The predicted octanol–water partition coefficient (Wildman–Crippen LogP) is 1.21. The van der Waals surface area contributed by atoms with Gasteiger partial charge in [-0.05, 0) is 13.3 Å². The maximum Gasteiger partial charge on any atom is 0.136 e. The summed E-state index contributed by atoms with van der Waals surface area (Å²) in [6.45, 7) is 3.14. The number of rotatable bonds is 1. The highest BCUT2D eigenvalue weighted by Crippen LogP contribution is 2.27. The first-order valence-electron chi connectivity index (χ1n) is 6.06. The van der Waals surface area contributed by atoms with Gasteiger partial charge < -0.3 is 9.88 Å². The number of aryl methyl sites for hydroxylation is 1. The Balaban J connectivity index is 1.88. The van der Waals surface area contributed by atoms with E-state index < -0.39 is 0 Å². The molecule has 16 heavy (non-hydrogen) atoms. The van der Waals surface area contributed by atoms with E-state index in [0.29, 0.717) is 24.7 Å². The van der Waals surface area contributed by atoms with E-state index >= 15 is 0 Å². The van der Waals surface area contributed by atoms with Gasteiger partial charge in [-0.3, -0.25) is 4.79 Å². The highest BCUT2D eigenvalue weighted by Gasteiger charge is 2.29. The summed E-state index contributed by atoms with van der Waals surface area (Å²) < 4.78 is 2.28. The molecule has 2 aliphatic rings. The molecule has 1 fully saturated rings. The maximum atomic E-state index is 11.6. The van der Waals surface area contributed by atoms with Crippen molar-refractivity contribution < 1.29 is 4.79 Å². The number of piperidine rings is 1. The van der Waals surface area contributed by atoms with Crippen LogP contribution in [0.4, 0.5) is 0 Å². The number of hydrogen-bond donors (Lipinski definition) is 1. The fourth-order valence-electron chi connectivity index (χ4n) is 2.86. The minimum absolute atomic E-state index is 0.176. The van der Waals surface area contributed by atoms with Crippen molar-refractivity contribution in [3.05, 3.63) is 17.7 Å². The lowest BCUT2D eigenvalue weighted by Gasteiger charge is -2.28. The van der Waals surface area contributed by atoms with Gasteiger partial charge in [0.15, 0.2) is 0 Å². The van der Waals surface area contributed by atoms with Gasteiger partial charge in [0.1, 0.15) is 11.6 Å². The molecule has 3 heterocycles. The second kappa shape index (κ2) is 3.70. The fourth-order valence-corrected chi connectivity index (χ4v) is 2.86. The van der Waals surface area contributed by atoms with E-state index in [0.717, 1.165) is 13.0 Å². The largest absolute Gasteiger partial charge is 0.331 e. The number of carbonyl (C=O) groups excluding carboxylic acids is 1. The van der Waals surface area contributed by atoms with Crippen LogP contribution in [0, 0.1) is 0 Å². The molecule has 1 aromatic heterocycles. The summed E-state index contributed by atoms with van der Waals surface area (Å²) in [5.41, 5.74) is 1.20. The Bertz CT molecular complexity index is 424. The van der Waals surface area contributed by atoms with Gasteiger partial charge in [0.2, 0.25) is 0 Å². The van der Waals surface area contributed by atoms with Crippen LogP contribution in [0.5, 0.6) is 0 Å². The summed E-state index contributed by atoms with van der Waals surface area (Å²) in [5.74, 6) is 1.55. The van der Waals surface area contributed by atoms with E-state index in [1.807, 2.05) is 6.20 Å². The second-order valence-corrected chi connectivity index (χ2v) is 4.92. The van der Waals surface area contributed by atoms with E-state index in [1.54, 1.807) is 0 Å². The second-order valence-electron chi connectivity index (χ2n) is 4.92. The van der Waals surface area contributed by atoms with Crippen molar-refractivity contribution in [2.45, 2.75) is 51.2 Å². The lowest BCUT2D eigenvalue weighted by molar-refractivity contribution is -0.121. The highest BCUT2D eigenvalue weighted by atomic mass is 16.1. The molecule has 4 heteroatoms. The average Bonchev–Trinajstić information content (AvgIpc) is 2.75. The van der Waals surface area contributed by atoms with Crippen molar-refractivity contribution >= 4 is 5.78 Å². The molecule has 2 atom stereocenters. The Morgan fingerprint density at radius 3 is 3.19 bits per heavy atom. The van der Waals surface area contributed by atoms with Crippen LogP contribution < -0.4 is 5.32 Å². The van der Waals surface area contributed by atoms with Crippen LogP contribution in [0.3, 0.4) is 0 Å². The number of nitrogens with zero attached hydrogens (tertiary/aromatic N) is 2. The number of fused-ring (bicyclic) bond motifs is 1. The maximum absolute atomic E-state index is 11.6. The van der Waals surface area contributed by atoms with Gasteiger partial charge in [0.05, 0.1) is 17.9 Å². The van der Waals surface area contributed by atoms with Crippen LogP contribution in [0.2, 0.25) is 0 Å². The SMILES string of the molecule is CC1CC(=O)CC(c2cnc3n2CCC3)N1. The molecule has 1 aromatic rings. The first kappa shape index (κ1) is 10.0. The number of aromatic nitrogens is 2. The van der Waals surface area contributed by atoms with Crippen LogP contribution in [0.15, 0.2) is 6.20 Å². The van der Waals surface area contributed by atoms with Gasteiger partial charge in [0, 0.05) is 31.8 Å². The predicted molar refractivity (Wildman–Crippen MR) is 60.1 cm³/mol. The van der Waals surface area contributed by atoms with Crippen LogP contribution in [-0.2, 0) is 17.8 Å². The number of imidazole rings is 1. The molecule has 0 saturated carbocycles. The number of ketones is 1. The summed E-state index contributed by atoms with van der Waals surface area (Å²) in [6.07, 6.45) is 5.49. The van der Waals surface area contributed by atoms with Crippen molar-refractivity contribution in [2.75, 3.05) is 0 Å². The zero-order valence-electron chi connectivity index (χ0n) is 9.57. The van der Waals surface area contributed by atoms with E-state index in [4.69, 9.17) is 0 Å². The molecule has 0 amide bonds. The van der Waals surface area contributed by atoms with Gasteiger partial charge in [-0.2, -0.15) is 0 Å². The van der Waals surface area contributed by atoms with Gasteiger partial charge in [-0.25, -0.2) is 4.98 Å². The zero-order chi connectivity index (χ0) is 11.1. The molecule has 2 aliphatic heterocycles. The van der Waals surface area contributed by atoms with Gasteiger partial charge >= 0.3 is 0 Å². The monoisotopic (exact) mass is 219 g/mol. The van der Waals surface area contributed by atoms with E-state index in [1.165, 1.54) is 17.9 Å². The molecule has 1 N–H and O–H groups in total. The summed E-state index contributed by atoms with van der Waals surface area (Å²) >= 11 is 0. The van der Waals surface area contributed by atoms with E-state index in [2.05, 4.69) is 21.8 Å². The molecule has 0 spiro atoms. The van der Waals surface area contributed by atoms with Gasteiger partial charge in [-0.1, -0.05) is 0 Å². The van der Waals surface area contributed by atoms with Crippen molar-refractivity contribution in [3.63, 3.8) is 0 Å². The Morgan fingerprint density at radius 1 is 1.50 bits per heavy atom. The molecule has 86 valence electrons. The van der Waals surface area contributed by atoms with Crippen LogP contribution in [0.1, 0.15) is 43.7 Å². The first-order chi connectivity index (χ1) is 7.74. The summed E-state index contributed by atoms with van der Waals surface area (Å²) in [6, 6.07) is 0.467. The van der Waals surface area contributed by atoms with Gasteiger partial charge in [0.25, 0.3) is 0 Å². The van der Waals surface area contributed by atoms with Crippen LogP contribution >= 0.6 is 0 Å². The van der Waals surface area contributed by atoms with Crippen molar-refractivity contribution in [2.24, 2.45) is 0 Å². The highest BCUT2D eigenvalue weighted by molar-refractivity contribution is 5.80. The molecule has 4 nitrogen and oxygen atoms in total. The fraction of sp³-hybridized carbons (Fsp3) is 0.667. The molecular weight excluding hydrogens is 202 g/mol. The number of nitrogens with one attached hydrogen (secondary N) is 1. The third kappa shape index (κ3) is 1.57. The molecule has 0 radical (unpaired) electrons. The summed E-state index contributed by atoms with van der Waals surface area (Å²) in [7, 11) is 0. The average molecular weight is 219 g/mol. The van der Waals surface area contributed by atoms with E-state index in [-0.39, 0.29) is 6.04 Å². The zero-order valence-corrected chi connectivity index (χ0v) is 9.57. The minimum atomic E-state index is 0.176. The van der Waals surface area contributed by atoms with Crippen LogP contribution in [-0.4, -0.2) is 21.4 Å². The van der Waals surface area contributed by atoms with Crippen molar-refractivity contribution in [1.29, 1.82) is 0 Å². The lowest BCUT2D eigenvalue weighted by Crippen LogP contribution is -2.39. The van der Waals surface area contributed by atoms with Gasteiger partial charge in [-0.15, -0.1) is 0 Å². The summed E-state index contributed by atoms with van der Waals surface area (Å²) in [4.78, 5) is 16.0. The molecule has 0 bridgehead atoms. The third-order valence-corrected chi connectivity index (χ3v) is 3.56. The van der Waals surface area contributed by atoms with Crippen molar-refractivity contribution in [1.82, 2.24) is 14.9 Å². The number of carbonyl (C=O) groups is 1. The van der Waals surface area contributed by atoms with Crippen LogP contribution in [0.25, 0.3) is 0 Å². The third-order valence-electron chi connectivity index (χ3n) is 3.56. The Labute approximate surface area is 95.1 Å².